The van der Waals surface area contributed by atoms with Crippen LogP contribution in [0.2, 0.25) is 15.1 Å². The van der Waals surface area contributed by atoms with Crippen LogP contribution < -0.4 is 10.9 Å². The van der Waals surface area contributed by atoms with E-state index in [1.807, 2.05) is 36.4 Å². The molecular weight excluding hydrogens is 537 g/mol. The van der Waals surface area contributed by atoms with Crippen molar-refractivity contribution >= 4 is 63.4 Å². The molecule has 4 rings (SSSR count). The minimum atomic E-state index is -0.120. The Morgan fingerprint density at radius 3 is 2.47 bits per heavy atom. The van der Waals surface area contributed by atoms with E-state index >= 15 is 0 Å². The highest BCUT2D eigenvalue weighted by Crippen LogP contribution is 2.24. The topological polar surface area (TPSA) is 64.0 Å². The van der Waals surface area contributed by atoms with Crippen molar-refractivity contribution in [2.75, 3.05) is 12.3 Å². The number of halogens is 3. The summed E-state index contributed by atoms with van der Waals surface area (Å²) >= 11 is 19.6. The molecular formula is C27H24Cl3N3O2S. The van der Waals surface area contributed by atoms with Crippen LogP contribution in [0.5, 0.6) is 0 Å². The zero-order valence-electron chi connectivity index (χ0n) is 19.3. The first kappa shape index (κ1) is 26.6. The normalized spacial score (nSPS) is 11.1. The van der Waals surface area contributed by atoms with Crippen LogP contribution in [0.1, 0.15) is 24.8 Å². The average molecular weight is 561 g/mol. The van der Waals surface area contributed by atoms with Crippen molar-refractivity contribution in [1.82, 2.24) is 14.9 Å². The zero-order chi connectivity index (χ0) is 25.5. The molecule has 0 saturated heterocycles. The van der Waals surface area contributed by atoms with E-state index in [1.54, 1.807) is 34.9 Å². The number of nitrogens with one attached hydrogen (secondary N) is 1. The third-order valence-electron chi connectivity index (χ3n) is 5.59. The summed E-state index contributed by atoms with van der Waals surface area (Å²) in [5.41, 5.74) is 2.21. The number of para-hydroxylation sites is 1. The number of aromatic nitrogens is 2. The molecule has 36 heavy (non-hydrogen) atoms. The van der Waals surface area contributed by atoms with Crippen LogP contribution in [0, 0.1) is 0 Å². The molecule has 0 radical (unpaired) electrons. The van der Waals surface area contributed by atoms with E-state index in [0.717, 1.165) is 24.2 Å². The van der Waals surface area contributed by atoms with Gasteiger partial charge in [0.05, 0.1) is 16.6 Å². The number of nitrogens with zero attached hydrogens (tertiary/aromatic N) is 2. The summed E-state index contributed by atoms with van der Waals surface area (Å²) in [6.07, 6.45) is 2.63. The summed E-state index contributed by atoms with van der Waals surface area (Å²) in [4.78, 5) is 30.2. The molecule has 0 bridgehead atoms. The summed E-state index contributed by atoms with van der Waals surface area (Å²) in [5, 5.41) is 5.92. The predicted molar refractivity (Wildman–Crippen MR) is 150 cm³/mol. The largest absolute Gasteiger partial charge is 0.356 e. The molecule has 186 valence electrons. The molecule has 1 aromatic heterocycles. The van der Waals surface area contributed by atoms with Crippen molar-refractivity contribution < 1.29 is 4.79 Å². The van der Waals surface area contributed by atoms with Gasteiger partial charge in [-0.25, -0.2) is 4.98 Å². The van der Waals surface area contributed by atoms with Crippen LogP contribution in [-0.4, -0.2) is 27.8 Å². The first-order chi connectivity index (χ1) is 17.4. The van der Waals surface area contributed by atoms with Crippen molar-refractivity contribution in [3.8, 4) is 5.69 Å². The fourth-order valence-electron chi connectivity index (χ4n) is 3.73. The Morgan fingerprint density at radius 1 is 0.944 bits per heavy atom. The predicted octanol–water partition coefficient (Wildman–Crippen LogP) is 6.97. The molecule has 0 saturated carbocycles. The second-order valence-electron chi connectivity index (χ2n) is 8.17. The number of carbonyl (C=O) groups is 1. The maximum absolute atomic E-state index is 13.3. The van der Waals surface area contributed by atoms with E-state index in [0.29, 0.717) is 56.2 Å². The van der Waals surface area contributed by atoms with Crippen LogP contribution in [0.4, 0.5) is 0 Å². The highest BCUT2D eigenvalue weighted by atomic mass is 35.5. The van der Waals surface area contributed by atoms with E-state index in [9.17, 15) is 9.59 Å². The van der Waals surface area contributed by atoms with E-state index in [4.69, 9.17) is 39.8 Å². The van der Waals surface area contributed by atoms with Gasteiger partial charge in [-0.15, -0.1) is 0 Å². The lowest BCUT2D eigenvalue weighted by molar-refractivity contribution is -0.121. The Balaban J connectivity index is 1.31. The molecule has 0 spiro atoms. The molecule has 0 fully saturated rings. The number of thioether (sulfide) groups is 1. The van der Waals surface area contributed by atoms with Gasteiger partial charge in [-0.2, -0.15) is 0 Å². The molecule has 5 nitrogen and oxygen atoms in total. The fraction of sp³-hybridized carbons (Fsp3) is 0.222. The van der Waals surface area contributed by atoms with Crippen molar-refractivity contribution in [3.05, 3.63) is 97.7 Å². The lowest BCUT2D eigenvalue weighted by Crippen LogP contribution is -2.25. The molecule has 0 unspecified atom stereocenters. The third kappa shape index (κ3) is 6.83. The molecule has 0 aliphatic rings. The Morgan fingerprint density at radius 2 is 1.69 bits per heavy atom. The van der Waals surface area contributed by atoms with Gasteiger partial charge in [0.2, 0.25) is 5.91 Å². The zero-order valence-corrected chi connectivity index (χ0v) is 22.4. The molecule has 1 amide bonds. The number of rotatable bonds is 10. The lowest BCUT2D eigenvalue weighted by Gasteiger charge is -2.13. The smallest absolute Gasteiger partial charge is 0.266 e. The van der Waals surface area contributed by atoms with Gasteiger partial charge in [-0.1, -0.05) is 64.8 Å². The maximum atomic E-state index is 13.3. The van der Waals surface area contributed by atoms with Gasteiger partial charge in [0, 0.05) is 33.8 Å². The van der Waals surface area contributed by atoms with Crippen molar-refractivity contribution in [1.29, 1.82) is 0 Å². The Bertz CT molecular complexity index is 1420. The third-order valence-corrected chi connectivity index (χ3v) is 7.45. The first-order valence-electron chi connectivity index (χ1n) is 11.5. The van der Waals surface area contributed by atoms with Crippen LogP contribution >= 0.6 is 46.6 Å². The van der Waals surface area contributed by atoms with Gasteiger partial charge in [0.15, 0.2) is 5.16 Å². The molecule has 1 N–H and O–H groups in total. The van der Waals surface area contributed by atoms with Crippen molar-refractivity contribution in [2.45, 2.75) is 30.8 Å². The number of unbranched alkanes of at least 4 members (excludes halogenated alkanes) is 1. The minimum absolute atomic E-state index is 0.00647. The maximum Gasteiger partial charge on any atom is 0.266 e. The van der Waals surface area contributed by atoms with Crippen LogP contribution in [0.3, 0.4) is 0 Å². The molecule has 4 aromatic rings. The minimum Gasteiger partial charge on any atom is -0.356 e. The van der Waals surface area contributed by atoms with Crippen molar-refractivity contribution in [2.24, 2.45) is 0 Å². The van der Waals surface area contributed by atoms with Gasteiger partial charge in [0.1, 0.15) is 0 Å². The lowest BCUT2D eigenvalue weighted by atomic mass is 10.1. The van der Waals surface area contributed by atoms with Gasteiger partial charge in [-0.3, -0.25) is 14.2 Å². The van der Waals surface area contributed by atoms with Gasteiger partial charge in [0.25, 0.3) is 5.56 Å². The SMILES string of the molecule is O=C(CCCCSc1nc2ccccc2c(=O)n1-c1ccc(Cl)cc1)NCCc1ccc(Cl)cc1Cl. The van der Waals surface area contributed by atoms with E-state index in [-0.39, 0.29) is 11.5 Å². The average Bonchev–Trinajstić information content (AvgIpc) is 2.86. The Kier molecular flexibility index (Phi) is 9.32. The molecule has 1 heterocycles. The molecule has 9 heteroatoms. The number of amides is 1. The van der Waals surface area contributed by atoms with Crippen LogP contribution in [0.15, 0.2) is 76.7 Å². The van der Waals surface area contributed by atoms with E-state index < -0.39 is 0 Å². The summed E-state index contributed by atoms with van der Waals surface area (Å²) in [6.45, 7) is 0.517. The summed E-state index contributed by atoms with van der Waals surface area (Å²) < 4.78 is 1.62. The quantitative estimate of drug-likeness (QED) is 0.129. The van der Waals surface area contributed by atoms with E-state index in [2.05, 4.69) is 5.32 Å². The first-order valence-corrected chi connectivity index (χ1v) is 13.7. The van der Waals surface area contributed by atoms with Crippen LogP contribution in [0.25, 0.3) is 16.6 Å². The number of fused-ring (bicyclic) bond motifs is 1. The number of hydrogen-bond acceptors (Lipinski definition) is 4. The molecule has 0 aliphatic carbocycles. The van der Waals surface area contributed by atoms with Crippen LogP contribution in [-0.2, 0) is 11.2 Å². The van der Waals surface area contributed by atoms with Gasteiger partial charge >= 0.3 is 0 Å². The number of benzene rings is 3. The Labute approximate surface area is 228 Å². The monoisotopic (exact) mass is 559 g/mol. The van der Waals surface area contributed by atoms with Gasteiger partial charge < -0.3 is 5.32 Å². The second kappa shape index (κ2) is 12.6. The van der Waals surface area contributed by atoms with E-state index in [1.165, 1.54) is 11.8 Å². The highest BCUT2D eigenvalue weighted by Gasteiger charge is 2.13. The molecule has 0 aliphatic heterocycles. The molecule has 3 aromatic carbocycles. The fourth-order valence-corrected chi connectivity index (χ4v) is 5.37. The standard InChI is InChI=1S/C27H24Cl3N3O2S/c28-19-10-12-21(13-11-19)33-26(35)22-5-1-2-6-24(22)32-27(33)36-16-4-3-7-25(34)31-15-14-18-8-9-20(29)17-23(18)30/h1-2,5-6,8-13,17H,3-4,7,14-16H2,(H,31,34). The summed E-state index contributed by atoms with van der Waals surface area (Å²) in [6, 6.07) is 19.8. The van der Waals surface area contributed by atoms with Gasteiger partial charge in [-0.05, 0) is 73.4 Å². The van der Waals surface area contributed by atoms with Crippen molar-refractivity contribution in [3.63, 3.8) is 0 Å². The summed E-state index contributed by atoms with van der Waals surface area (Å²) in [5.74, 6) is 0.735. The summed E-state index contributed by atoms with van der Waals surface area (Å²) in [7, 11) is 0. The number of carbonyl (C=O) groups excluding carboxylic acids is 1. The second-order valence-corrected chi connectivity index (χ2v) is 10.5. The Hall–Kier alpha value is -2.51. The number of hydrogen-bond donors (Lipinski definition) is 1. The molecule has 0 atom stereocenters. The highest BCUT2D eigenvalue weighted by molar-refractivity contribution is 7.99.